The maximum atomic E-state index is 12.1. The Morgan fingerprint density at radius 3 is 2.67 bits per heavy atom. The lowest BCUT2D eigenvalue weighted by molar-refractivity contribution is -0.121. The first-order chi connectivity index (χ1) is 11.8. The summed E-state index contributed by atoms with van der Waals surface area (Å²) in [5.41, 5.74) is 2.57. The van der Waals surface area contributed by atoms with E-state index in [2.05, 4.69) is 39.8 Å². The van der Waals surface area contributed by atoms with Gasteiger partial charge >= 0.3 is 0 Å². The second-order valence-corrected chi connectivity index (χ2v) is 7.28. The van der Waals surface area contributed by atoms with Crippen molar-refractivity contribution in [3.05, 3.63) is 35.4 Å². The zero-order valence-corrected chi connectivity index (χ0v) is 14.7. The van der Waals surface area contributed by atoms with Gasteiger partial charge in [-0.25, -0.2) is 0 Å². The molecule has 1 atom stereocenters. The van der Waals surface area contributed by atoms with Gasteiger partial charge in [-0.3, -0.25) is 9.69 Å². The van der Waals surface area contributed by atoms with E-state index in [-0.39, 0.29) is 5.91 Å². The SMILES string of the molecule is O=C(CC1CCCN1)NCc1cccc(CN2CCCCCC2)c1. The fourth-order valence-corrected chi connectivity index (χ4v) is 3.82. The number of hydrogen-bond donors (Lipinski definition) is 2. The van der Waals surface area contributed by atoms with Crippen LogP contribution in [0, 0.1) is 0 Å². The number of likely N-dealkylation sites (tertiary alicyclic amines) is 1. The minimum atomic E-state index is 0.160. The molecule has 3 rings (SSSR count). The molecule has 2 saturated heterocycles. The van der Waals surface area contributed by atoms with Crippen LogP contribution in [0.3, 0.4) is 0 Å². The highest BCUT2D eigenvalue weighted by atomic mass is 16.1. The van der Waals surface area contributed by atoms with E-state index in [0.717, 1.165) is 19.5 Å². The molecule has 2 N–H and O–H groups in total. The van der Waals surface area contributed by atoms with Crippen LogP contribution in [0.15, 0.2) is 24.3 Å². The molecule has 2 heterocycles. The van der Waals surface area contributed by atoms with Crippen LogP contribution < -0.4 is 10.6 Å². The maximum absolute atomic E-state index is 12.1. The van der Waals surface area contributed by atoms with Crippen LogP contribution in [0.1, 0.15) is 56.1 Å². The summed E-state index contributed by atoms with van der Waals surface area (Å²) >= 11 is 0. The molecule has 132 valence electrons. The van der Waals surface area contributed by atoms with Gasteiger partial charge in [0.15, 0.2) is 0 Å². The van der Waals surface area contributed by atoms with Crippen molar-refractivity contribution in [2.24, 2.45) is 0 Å². The largest absolute Gasteiger partial charge is 0.352 e. The molecule has 2 aliphatic rings. The summed E-state index contributed by atoms with van der Waals surface area (Å²) in [5.74, 6) is 0.160. The zero-order valence-electron chi connectivity index (χ0n) is 14.7. The molecule has 4 nitrogen and oxygen atoms in total. The molecule has 4 heteroatoms. The molecule has 0 spiro atoms. The van der Waals surface area contributed by atoms with Crippen LogP contribution in [0.4, 0.5) is 0 Å². The van der Waals surface area contributed by atoms with Gasteiger partial charge in [-0.05, 0) is 56.4 Å². The van der Waals surface area contributed by atoms with E-state index >= 15 is 0 Å². The average Bonchev–Trinajstić information content (AvgIpc) is 2.96. The highest BCUT2D eigenvalue weighted by Crippen LogP contribution is 2.14. The highest BCUT2D eigenvalue weighted by molar-refractivity contribution is 5.76. The molecule has 0 radical (unpaired) electrons. The molecule has 1 aromatic carbocycles. The van der Waals surface area contributed by atoms with E-state index in [9.17, 15) is 4.79 Å². The highest BCUT2D eigenvalue weighted by Gasteiger charge is 2.17. The molecule has 0 bridgehead atoms. The molecular formula is C20H31N3O. The predicted octanol–water partition coefficient (Wildman–Crippen LogP) is 2.82. The molecule has 1 amide bonds. The van der Waals surface area contributed by atoms with Gasteiger partial charge in [-0.15, -0.1) is 0 Å². The Balaban J connectivity index is 1.46. The van der Waals surface area contributed by atoms with Crippen LogP contribution in [0.25, 0.3) is 0 Å². The van der Waals surface area contributed by atoms with Crippen molar-refractivity contribution < 1.29 is 4.79 Å². The smallest absolute Gasteiger partial charge is 0.221 e. The quantitative estimate of drug-likeness (QED) is 0.843. The van der Waals surface area contributed by atoms with Crippen molar-refractivity contribution >= 4 is 5.91 Å². The van der Waals surface area contributed by atoms with E-state index in [1.54, 1.807) is 0 Å². The molecule has 0 saturated carbocycles. The Kier molecular flexibility index (Phi) is 6.67. The van der Waals surface area contributed by atoms with Crippen LogP contribution in [0.5, 0.6) is 0 Å². The molecule has 2 fully saturated rings. The normalized spacial score (nSPS) is 22.2. The molecule has 2 aliphatic heterocycles. The van der Waals surface area contributed by atoms with Crippen molar-refractivity contribution in [2.45, 2.75) is 64.1 Å². The zero-order chi connectivity index (χ0) is 16.6. The molecule has 0 aromatic heterocycles. The second kappa shape index (κ2) is 9.19. The lowest BCUT2D eigenvalue weighted by atomic mass is 10.1. The van der Waals surface area contributed by atoms with E-state index in [1.165, 1.54) is 56.3 Å². The summed E-state index contributed by atoms with van der Waals surface area (Å²) in [6.07, 6.45) is 8.31. The lowest BCUT2D eigenvalue weighted by Crippen LogP contribution is -2.31. The Morgan fingerprint density at radius 2 is 1.92 bits per heavy atom. The summed E-state index contributed by atoms with van der Waals surface area (Å²) in [6.45, 7) is 5.16. The minimum Gasteiger partial charge on any atom is -0.352 e. The first kappa shape index (κ1) is 17.4. The third kappa shape index (κ3) is 5.60. The van der Waals surface area contributed by atoms with Crippen molar-refractivity contribution in [2.75, 3.05) is 19.6 Å². The van der Waals surface area contributed by atoms with E-state index in [1.807, 2.05) is 0 Å². The van der Waals surface area contributed by atoms with Gasteiger partial charge < -0.3 is 10.6 Å². The molecule has 24 heavy (non-hydrogen) atoms. The summed E-state index contributed by atoms with van der Waals surface area (Å²) in [4.78, 5) is 14.6. The number of nitrogens with one attached hydrogen (secondary N) is 2. The van der Waals surface area contributed by atoms with Gasteiger partial charge in [0.2, 0.25) is 5.91 Å². The van der Waals surface area contributed by atoms with Crippen LogP contribution in [-0.4, -0.2) is 36.5 Å². The third-order valence-electron chi connectivity index (χ3n) is 5.18. The standard InChI is InChI=1S/C20H31N3O/c24-20(14-19-9-6-10-21-19)22-15-17-7-5-8-18(13-17)16-23-11-3-1-2-4-12-23/h5,7-8,13,19,21H,1-4,6,9-12,14-16H2,(H,22,24). The van der Waals surface area contributed by atoms with Gasteiger partial charge in [0.1, 0.15) is 0 Å². The maximum Gasteiger partial charge on any atom is 0.221 e. The Morgan fingerprint density at radius 1 is 1.12 bits per heavy atom. The predicted molar refractivity (Wildman–Crippen MR) is 97.7 cm³/mol. The van der Waals surface area contributed by atoms with Crippen molar-refractivity contribution in [1.82, 2.24) is 15.5 Å². The van der Waals surface area contributed by atoms with Crippen molar-refractivity contribution in [1.29, 1.82) is 0 Å². The van der Waals surface area contributed by atoms with E-state index < -0.39 is 0 Å². The van der Waals surface area contributed by atoms with Crippen molar-refractivity contribution in [3.63, 3.8) is 0 Å². The topological polar surface area (TPSA) is 44.4 Å². The number of amides is 1. The molecule has 1 unspecified atom stereocenters. The number of nitrogens with zero attached hydrogens (tertiary/aromatic N) is 1. The number of rotatable bonds is 6. The number of hydrogen-bond acceptors (Lipinski definition) is 3. The van der Waals surface area contributed by atoms with Gasteiger partial charge in [0, 0.05) is 25.6 Å². The Labute approximate surface area is 146 Å². The third-order valence-corrected chi connectivity index (χ3v) is 5.18. The summed E-state index contributed by atoms with van der Waals surface area (Å²) < 4.78 is 0. The molecule has 1 aromatic rings. The van der Waals surface area contributed by atoms with Crippen LogP contribution in [0.2, 0.25) is 0 Å². The monoisotopic (exact) mass is 329 g/mol. The Bertz CT molecular complexity index is 517. The Hall–Kier alpha value is -1.39. The van der Waals surface area contributed by atoms with Crippen molar-refractivity contribution in [3.8, 4) is 0 Å². The second-order valence-electron chi connectivity index (χ2n) is 7.28. The lowest BCUT2D eigenvalue weighted by Gasteiger charge is -2.20. The number of carbonyl (C=O) groups is 1. The van der Waals surface area contributed by atoms with Crippen LogP contribution >= 0.6 is 0 Å². The van der Waals surface area contributed by atoms with Crippen LogP contribution in [-0.2, 0) is 17.9 Å². The van der Waals surface area contributed by atoms with E-state index in [4.69, 9.17) is 0 Å². The average molecular weight is 329 g/mol. The fourth-order valence-electron chi connectivity index (χ4n) is 3.82. The first-order valence-corrected chi connectivity index (χ1v) is 9.60. The first-order valence-electron chi connectivity index (χ1n) is 9.60. The number of carbonyl (C=O) groups excluding carboxylic acids is 1. The van der Waals surface area contributed by atoms with Gasteiger partial charge in [-0.1, -0.05) is 37.1 Å². The number of benzene rings is 1. The van der Waals surface area contributed by atoms with Gasteiger partial charge in [0.25, 0.3) is 0 Å². The van der Waals surface area contributed by atoms with Gasteiger partial charge in [0.05, 0.1) is 0 Å². The minimum absolute atomic E-state index is 0.160. The summed E-state index contributed by atoms with van der Waals surface area (Å²) in [6, 6.07) is 9.06. The summed E-state index contributed by atoms with van der Waals surface area (Å²) in [7, 11) is 0. The summed E-state index contributed by atoms with van der Waals surface area (Å²) in [5, 5.41) is 6.45. The molecule has 0 aliphatic carbocycles. The molecular weight excluding hydrogens is 298 g/mol. The van der Waals surface area contributed by atoms with E-state index in [0.29, 0.717) is 19.0 Å². The van der Waals surface area contributed by atoms with Gasteiger partial charge in [-0.2, -0.15) is 0 Å². The fraction of sp³-hybridized carbons (Fsp3) is 0.650.